The number of carbonyl (C=O) groups is 1. The number of nitrogens with two attached hydrogens (primary N) is 1. The fraction of sp³-hybridized carbons (Fsp3) is 0.611. The Morgan fingerprint density at radius 1 is 1.35 bits per heavy atom. The van der Waals surface area contributed by atoms with Gasteiger partial charge in [0.25, 0.3) is 5.91 Å². The standard InChI is InChI=1S/C18H24N4O3.ClH/c1-2-13-4-5-14(24-13)16(23)22-10-6-12(7-11-22)15-20-17(21-25-15)18(19)8-3-9-18;/h4-5,12H,2-3,6-11,19H2,1H3;1H. The molecule has 7 nitrogen and oxygen atoms in total. The molecule has 1 amide bonds. The van der Waals surface area contributed by atoms with Crippen LogP contribution in [0.15, 0.2) is 21.1 Å². The lowest BCUT2D eigenvalue weighted by Gasteiger charge is -2.34. The zero-order valence-electron chi connectivity index (χ0n) is 14.9. The van der Waals surface area contributed by atoms with Gasteiger partial charge in [-0.25, -0.2) is 0 Å². The van der Waals surface area contributed by atoms with Crippen LogP contribution < -0.4 is 5.73 Å². The highest BCUT2D eigenvalue weighted by molar-refractivity contribution is 5.91. The molecule has 2 aromatic heterocycles. The van der Waals surface area contributed by atoms with E-state index in [2.05, 4.69) is 10.1 Å². The van der Waals surface area contributed by atoms with Gasteiger partial charge in [0.2, 0.25) is 5.89 Å². The van der Waals surface area contributed by atoms with Gasteiger partial charge in [0.05, 0.1) is 5.54 Å². The number of amides is 1. The summed E-state index contributed by atoms with van der Waals surface area (Å²) in [5, 5.41) is 4.09. The van der Waals surface area contributed by atoms with Crippen molar-refractivity contribution in [2.45, 2.75) is 56.9 Å². The van der Waals surface area contributed by atoms with Crippen LogP contribution >= 0.6 is 12.4 Å². The maximum atomic E-state index is 12.5. The van der Waals surface area contributed by atoms with Crippen molar-refractivity contribution in [1.29, 1.82) is 0 Å². The molecule has 0 atom stereocenters. The highest BCUT2D eigenvalue weighted by Crippen LogP contribution is 2.38. The maximum absolute atomic E-state index is 12.5. The van der Waals surface area contributed by atoms with Crippen molar-refractivity contribution in [2.24, 2.45) is 5.73 Å². The third kappa shape index (κ3) is 3.38. The lowest BCUT2D eigenvalue weighted by Crippen LogP contribution is -2.44. The molecule has 2 N–H and O–H groups in total. The van der Waals surface area contributed by atoms with E-state index >= 15 is 0 Å². The third-order valence-electron chi connectivity index (χ3n) is 5.49. The van der Waals surface area contributed by atoms with Gasteiger partial charge < -0.3 is 19.6 Å². The van der Waals surface area contributed by atoms with E-state index in [-0.39, 0.29) is 24.2 Å². The topological polar surface area (TPSA) is 98.4 Å². The van der Waals surface area contributed by atoms with Gasteiger partial charge in [0.15, 0.2) is 11.6 Å². The number of likely N-dealkylation sites (tertiary alicyclic amines) is 1. The van der Waals surface area contributed by atoms with Crippen molar-refractivity contribution in [3.63, 3.8) is 0 Å². The van der Waals surface area contributed by atoms with E-state index in [1.165, 1.54) is 0 Å². The molecule has 0 bridgehead atoms. The molecular weight excluding hydrogens is 356 g/mol. The molecule has 0 unspecified atom stereocenters. The molecule has 0 radical (unpaired) electrons. The van der Waals surface area contributed by atoms with Gasteiger partial charge in [-0.1, -0.05) is 12.1 Å². The molecule has 1 saturated carbocycles. The Labute approximate surface area is 158 Å². The second-order valence-electron chi connectivity index (χ2n) is 7.15. The number of rotatable bonds is 4. The Morgan fingerprint density at radius 2 is 2.08 bits per heavy atom. The normalized spacial score (nSPS) is 19.7. The molecule has 8 heteroatoms. The van der Waals surface area contributed by atoms with Crippen molar-refractivity contribution in [3.05, 3.63) is 35.4 Å². The molecule has 2 aromatic rings. The summed E-state index contributed by atoms with van der Waals surface area (Å²) < 4.78 is 11.0. The average Bonchev–Trinajstić information content (AvgIpc) is 3.29. The Bertz CT molecular complexity index is 760. The van der Waals surface area contributed by atoms with E-state index in [9.17, 15) is 4.79 Å². The van der Waals surface area contributed by atoms with E-state index in [4.69, 9.17) is 14.7 Å². The van der Waals surface area contributed by atoms with E-state index in [0.717, 1.165) is 44.3 Å². The van der Waals surface area contributed by atoms with Crippen LogP contribution in [0.25, 0.3) is 0 Å². The van der Waals surface area contributed by atoms with Crippen molar-refractivity contribution in [1.82, 2.24) is 15.0 Å². The minimum atomic E-state index is -0.394. The number of hydrogen-bond acceptors (Lipinski definition) is 6. The molecule has 3 heterocycles. The fourth-order valence-electron chi connectivity index (χ4n) is 3.55. The first-order valence-electron chi connectivity index (χ1n) is 9.10. The predicted octanol–water partition coefficient (Wildman–Crippen LogP) is 3.00. The SMILES string of the molecule is CCc1ccc(C(=O)N2CCC(c3nc(C4(N)CCC4)no3)CC2)o1.Cl. The van der Waals surface area contributed by atoms with E-state index < -0.39 is 5.54 Å². The molecular formula is C18H25ClN4O3. The van der Waals surface area contributed by atoms with Crippen molar-refractivity contribution in [3.8, 4) is 0 Å². The van der Waals surface area contributed by atoms with Gasteiger partial charge in [-0.3, -0.25) is 4.79 Å². The Morgan fingerprint density at radius 3 is 2.65 bits per heavy atom. The van der Waals surface area contributed by atoms with Gasteiger partial charge in [-0.05, 0) is 44.2 Å². The van der Waals surface area contributed by atoms with Crippen LogP contribution in [0.1, 0.15) is 73.0 Å². The quantitative estimate of drug-likeness (QED) is 0.875. The number of nitrogens with zero attached hydrogens (tertiary/aromatic N) is 3. The molecule has 0 aromatic carbocycles. The number of piperidine rings is 1. The molecule has 1 aliphatic heterocycles. The second-order valence-corrected chi connectivity index (χ2v) is 7.15. The number of aryl methyl sites for hydroxylation is 1. The largest absolute Gasteiger partial charge is 0.456 e. The maximum Gasteiger partial charge on any atom is 0.289 e. The summed E-state index contributed by atoms with van der Waals surface area (Å²) in [7, 11) is 0. The highest BCUT2D eigenvalue weighted by Gasteiger charge is 2.40. The smallest absolute Gasteiger partial charge is 0.289 e. The van der Waals surface area contributed by atoms with Crippen molar-refractivity contribution >= 4 is 18.3 Å². The first kappa shape index (κ1) is 18.9. The van der Waals surface area contributed by atoms with Gasteiger partial charge in [0.1, 0.15) is 5.76 Å². The highest BCUT2D eigenvalue weighted by atomic mass is 35.5. The molecule has 2 fully saturated rings. The van der Waals surface area contributed by atoms with Crippen molar-refractivity contribution in [2.75, 3.05) is 13.1 Å². The Balaban J connectivity index is 0.00000196. The van der Waals surface area contributed by atoms with Crippen LogP contribution in [0, 0.1) is 0 Å². The summed E-state index contributed by atoms with van der Waals surface area (Å²) in [5.41, 5.74) is 5.86. The monoisotopic (exact) mass is 380 g/mol. The van der Waals surface area contributed by atoms with Crippen LogP contribution in [-0.4, -0.2) is 34.0 Å². The zero-order chi connectivity index (χ0) is 17.4. The summed E-state index contributed by atoms with van der Waals surface area (Å²) in [5.74, 6) is 2.70. The first-order valence-corrected chi connectivity index (χ1v) is 9.10. The lowest BCUT2D eigenvalue weighted by atomic mass is 9.77. The summed E-state index contributed by atoms with van der Waals surface area (Å²) in [6.45, 7) is 3.33. The Kier molecular flexibility index (Phi) is 5.39. The van der Waals surface area contributed by atoms with Gasteiger partial charge in [0, 0.05) is 25.4 Å². The number of furan rings is 1. The van der Waals surface area contributed by atoms with Crippen LogP contribution in [0.5, 0.6) is 0 Å². The molecule has 26 heavy (non-hydrogen) atoms. The summed E-state index contributed by atoms with van der Waals surface area (Å²) in [6, 6.07) is 3.62. The molecule has 1 saturated heterocycles. The average molecular weight is 381 g/mol. The second kappa shape index (κ2) is 7.40. The van der Waals surface area contributed by atoms with Crippen LogP contribution in [-0.2, 0) is 12.0 Å². The number of aromatic nitrogens is 2. The van der Waals surface area contributed by atoms with E-state index in [1.807, 2.05) is 17.9 Å². The number of hydrogen-bond donors (Lipinski definition) is 1. The Hall–Kier alpha value is -1.86. The number of halogens is 1. The molecule has 2 aliphatic rings. The van der Waals surface area contributed by atoms with E-state index in [1.54, 1.807) is 6.07 Å². The minimum absolute atomic E-state index is 0. The third-order valence-corrected chi connectivity index (χ3v) is 5.49. The van der Waals surface area contributed by atoms with Crippen molar-refractivity contribution < 1.29 is 13.7 Å². The van der Waals surface area contributed by atoms with Gasteiger partial charge in [-0.2, -0.15) is 4.98 Å². The molecule has 1 aliphatic carbocycles. The van der Waals surface area contributed by atoms with Crippen LogP contribution in [0.4, 0.5) is 0 Å². The van der Waals surface area contributed by atoms with Crippen LogP contribution in [0.3, 0.4) is 0 Å². The first-order chi connectivity index (χ1) is 12.1. The lowest BCUT2D eigenvalue weighted by molar-refractivity contribution is 0.0670. The van der Waals surface area contributed by atoms with Gasteiger partial charge >= 0.3 is 0 Å². The minimum Gasteiger partial charge on any atom is -0.456 e. The summed E-state index contributed by atoms with van der Waals surface area (Å²) in [6.07, 6.45) is 5.37. The van der Waals surface area contributed by atoms with Crippen LogP contribution in [0.2, 0.25) is 0 Å². The molecule has 4 rings (SSSR count). The molecule has 0 spiro atoms. The fourth-order valence-corrected chi connectivity index (χ4v) is 3.55. The van der Waals surface area contributed by atoms with E-state index in [0.29, 0.717) is 30.6 Å². The zero-order valence-corrected chi connectivity index (χ0v) is 15.8. The van der Waals surface area contributed by atoms with Gasteiger partial charge in [-0.15, -0.1) is 12.4 Å². The summed E-state index contributed by atoms with van der Waals surface area (Å²) in [4.78, 5) is 18.9. The molecule has 142 valence electrons. The summed E-state index contributed by atoms with van der Waals surface area (Å²) >= 11 is 0. The predicted molar refractivity (Wildman–Crippen MR) is 97.2 cm³/mol. The number of carbonyl (C=O) groups excluding carboxylic acids is 1.